The summed E-state index contributed by atoms with van der Waals surface area (Å²) in [6.07, 6.45) is 5.00. The van der Waals surface area contributed by atoms with E-state index in [4.69, 9.17) is 9.72 Å². The van der Waals surface area contributed by atoms with Gasteiger partial charge in [-0.25, -0.2) is 15.0 Å². The number of para-hydroxylation sites is 1. The molecule has 0 radical (unpaired) electrons. The van der Waals surface area contributed by atoms with Gasteiger partial charge in [-0.2, -0.15) is 0 Å². The number of benzene rings is 2. The molecule has 2 heterocycles. The topological polar surface area (TPSA) is 59.9 Å². The van der Waals surface area contributed by atoms with E-state index < -0.39 is 0 Å². The molecule has 0 saturated carbocycles. The van der Waals surface area contributed by atoms with Crippen molar-refractivity contribution < 1.29 is 4.74 Å². The molecule has 0 bridgehead atoms. The monoisotopic (exact) mass is 328 g/mol. The first-order valence-corrected chi connectivity index (χ1v) is 7.90. The smallest absolute Gasteiger partial charge is 0.118 e. The SMILES string of the molecule is COc1ccc(-c2cc(Nc3cncnc3)c3ccccc3n2)cc1. The Morgan fingerprint density at radius 1 is 0.920 bits per heavy atom. The zero-order valence-corrected chi connectivity index (χ0v) is 13.7. The van der Waals surface area contributed by atoms with Crippen LogP contribution in [0, 0.1) is 0 Å². The molecule has 122 valence electrons. The molecular formula is C20H16N4O. The van der Waals surface area contributed by atoms with Gasteiger partial charge in [-0.15, -0.1) is 0 Å². The molecule has 0 atom stereocenters. The minimum atomic E-state index is 0.823. The summed E-state index contributed by atoms with van der Waals surface area (Å²) in [6.45, 7) is 0. The van der Waals surface area contributed by atoms with Crippen LogP contribution in [-0.2, 0) is 0 Å². The van der Waals surface area contributed by atoms with Gasteiger partial charge in [-0.05, 0) is 36.4 Å². The Bertz CT molecular complexity index is 1000. The van der Waals surface area contributed by atoms with Crippen LogP contribution in [0.5, 0.6) is 5.75 Å². The number of nitrogens with zero attached hydrogens (tertiary/aromatic N) is 3. The molecule has 2 aromatic heterocycles. The highest BCUT2D eigenvalue weighted by Gasteiger charge is 2.08. The van der Waals surface area contributed by atoms with Crippen LogP contribution < -0.4 is 10.1 Å². The van der Waals surface area contributed by atoms with Crippen LogP contribution in [0.15, 0.2) is 73.3 Å². The van der Waals surface area contributed by atoms with Crippen molar-refractivity contribution in [3.8, 4) is 17.0 Å². The van der Waals surface area contributed by atoms with Crippen LogP contribution in [0.1, 0.15) is 0 Å². The Morgan fingerprint density at radius 2 is 1.68 bits per heavy atom. The Balaban J connectivity index is 1.82. The van der Waals surface area contributed by atoms with E-state index in [9.17, 15) is 0 Å². The van der Waals surface area contributed by atoms with E-state index in [0.717, 1.165) is 39.3 Å². The lowest BCUT2D eigenvalue weighted by atomic mass is 10.1. The number of methoxy groups -OCH3 is 1. The van der Waals surface area contributed by atoms with Crippen molar-refractivity contribution in [2.75, 3.05) is 12.4 Å². The van der Waals surface area contributed by atoms with Gasteiger partial charge in [-0.3, -0.25) is 0 Å². The maximum atomic E-state index is 5.23. The number of ether oxygens (including phenoxy) is 1. The van der Waals surface area contributed by atoms with E-state index in [0.29, 0.717) is 0 Å². The highest BCUT2D eigenvalue weighted by Crippen LogP contribution is 2.30. The zero-order chi connectivity index (χ0) is 17.1. The third-order valence-corrected chi connectivity index (χ3v) is 3.94. The molecule has 0 aliphatic heterocycles. The predicted octanol–water partition coefficient (Wildman–Crippen LogP) is 4.44. The van der Waals surface area contributed by atoms with Gasteiger partial charge in [0.15, 0.2) is 0 Å². The van der Waals surface area contributed by atoms with Crippen molar-refractivity contribution >= 4 is 22.3 Å². The van der Waals surface area contributed by atoms with Crippen LogP contribution in [-0.4, -0.2) is 22.1 Å². The van der Waals surface area contributed by atoms with Gasteiger partial charge in [0.2, 0.25) is 0 Å². The molecule has 0 amide bonds. The van der Waals surface area contributed by atoms with Crippen molar-refractivity contribution in [1.29, 1.82) is 0 Å². The zero-order valence-electron chi connectivity index (χ0n) is 13.7. The van der Waals surface area contributed by atoms with E-state index in [2.05, 4.69) is 15.3 Å². The maximum Gasteiger partial charge on any atom is 0.118 e. The first kappa shape index (κ1) is 15.1. The summed E-state index contributed by atoms with van der Waals surface area (Å²) in [5.41, 5.74) is 4.64. The first-order valence-electron chi connectivity index (χ1n) is 7.90. The van der Waals surface area contributed by atoms with E-state index in [1.54, 1.807) is 19.5 Å². The van der Waals surface area contributed by atoms with E-state index in [1.165, 1.54) is 6.33 Å². The van der Waals surface area contributed by atoms with Crippen LogP contribution >= 0.6 is 0 Å². The second-order valence-electron chi connectivity index (χ2n) is 5.55. The van der Waals surface area contributed by atoms with Gasteiger partial charge in [0.25, 0.3) is 0 Å². The number of fused-ring (bicyclic) bond motifs is 1. The number of hydrogen-bond acceptors (Lipinski definition) is 5. The lowest BCUT2D eigenvalue weighted by Gasteiger charge is -2.12. The minimum Gasteiger partial charge on any atom is -0.497 e. The van der Waals surface area contributed by atoms with Crippen LogP contribution in [0.3, 0.4) is 0 Å². The highest BCUT2D eigenvalue weighted by atomic mass is 16.5. The first-order chi connectivity index (χ1) is 12.3. The molecule has 0 saturated heterocycles. The molecule has 2 aromatic carbocycles. The number of nitrogens with one attached hydrogen (secondary N) is 1. The second kappa shape index (κ2) is 6.57. The molecule has 4 rings (SSSR count). The summed E-state index contributed by atoms with van der Waals surface area (Å²) in [7, 11) is 1.66. The molecule has 1 N–H and O–H groups in total. The summed E-state index contributed by atoms with van der Waals surface area (Å²) < 4.78 is 5.23. The van der Waals surface area contributed by atoms with Gasteiger partial charge in [-0.1, -0.05) is 18.2 Å². The molecule has 0 aliphatic rings. The standard InChI is InChI=1S/C20H16N4O/c1-25-16-8-6-14(7-9-16)19-10-20(23-15-11-21-13-22-12-15)17-4-2-3-5-18(17)24-19/h2-13H,1H3,(H,23,24). The lowest BCUT2D eigenvalue weighted by molar-refractivity contribution is 0.415. The molecule has 25 heavy (non-hydrogen) atoms. The van der Waals surface area contributed by atoms with Gasteiger partial charge in [0.05, 0.1) is 42.1 Å². The number of hydrogen-bond donors (Lipinski definition) is 1. The number of anilines is 2. The summed E-state index contributed by atoms with van der Waals surface area (Å²) in [5.74, 6) is 0.823. The van der Waals surface area contributed by atoms with E-state index in [1.807, 2.05) is 54.6 Å². The molecule has 0 fully saturated rings. The fraction of sp³-hybridized carbons (Fsp3) is 0.0500. The largest absolute Gasteiger partial charge is 0.497 e. The van der Waals surface area contributed by atoms with Gasteiger partial charge < -0.3 is 10.1 Å². The van der Waals surface area contributed by atoms with Gasteiger partial charge >= 0.3 is 0 Å². The molecule has 5 nitrogen and oxygen atoms in total. The van der Waals surface area contributed by atoms with Crippen molar-refractivity contribution in [2.45, 2.75) is 0 Å². The van der Waals surface area contributed by atoms with Crippen LogP contribution in [0.4, 0.5) is 11.4 Å². The quantitative estimate of drug-likeness (QED) is 0.600. The van der Waals surface area contributed by atoms with Crippen molar-refractivity contribution in [2.24, 2.45) is 0 Å². The Hall–Kier alpha value is -3.47. The molecule has 0 unspecified atom stereocenters. The number of pyridine rings is 1. The Labute approximate surface area is 145 Å². The summed E-state index contributed by atoms with van der Waals surface area (Å²) in [4.78, 5) is 12.9. The summed E-state index contributed by atoms with van der Waals surface area (Å²) in [5, 5.41) is 4.43. The number of rotatable bonds is 4. The summed E-state index contributed by atoms with van der Waals surface area (Å²) in [6, 6.07) is 18.0. The van der Waals surface area contributed by atoms with Crippen molar-refractivity contribution in [1.82, 2.24) is 15.0 Å². The van der Waals surface area contributed by atoms with Crippen molar-refractivity contribution in [3.63, 3.8) is 0 Å². The molecule has 4 aromatic rings. The second-order valence-corrected chi connectivity index (χ2v) is 5.55. The third kappa shape index (κ3) is 3.12. The third-order valence-electron chi connectivity index (χ3n) is 3.94. The van der Waals surface area contributed by atoms with E-state index >= 15 is 0 Å². The number of aromatic nitrogens is 3. The Kier molecular flexibility index (Phi) is 3.96. The van der Waals surface area contributed by atoms with Crippen LogP contribution in [0.25, 0.3) is 22.2 Å². The van der Waals surface area contributed by atoms with E-state index in [-0.39, 0.29) is 0 Å². The highest BCUT2D eigenvalue weighted by molar-refractivity contribution is 5.95. The molecule has 0 spiro atoms. The average molecular weight is 328 g/mol. The van der Waals surface area contributed by atoms with Gasteiger partial charge in [0, 0.05) is 10.9 Å². The molecular weight excluding hydrogens is 312 g/mol. The van der Waals surface area contributed by atoms with Gasteiger partial charge in [0.1, 0.15) is 12.1 Å². The average Bonchev–Trinajstić information content (AvgIpc) is 2.69. The molecule has 5 heteroatoms. The normalized spacial score (nSPS) is 10.6. The fourth-order valence-corrected chi connectivity index (χ4v) is 2.71. The molecule has 0 aliphatic carbocycles. The minimum absolute atomic E-state index is 0.823. The fourth-order valence-electron chi connectivity index (χ4n) is 2.71. The predicted molar refractivity (Wildman–Crippen MR) is 99.0 cm³/mol. The maximum absolute atomic E-state index is 5.23. The Morgan fingerprint density at radius 3 is 2.44 bits per heavy atom. The summed E-state index contributed by atoms with van der Waals surface area (Å²) >= 11 is 0. The van der Waals surface area contributed by atoms with Crippen molar-refractivity contribution in [3.05, 3.63) is 73.3 Å². The lowest BCUT2D eigenvalue weighted by Crippen LogP contribution is -1.96. The van der Waals surface area contributed by atoms with Crippen LogP contribution in [0.2, 0.25) is 0 Å².